The second kappa shape index (κ2) is 6.76. The van der Waals surface area contributed by atoms with Crippen molar-refractivity contribution in [1.29, 1.82) is 0 Å². The summed E-state index contributed by atoms with van der Waals surface area (Å²) in [5.41, 5.74) is 2.23. The number of benzene rings is 1. The van der Waals surface area contributed by atoms with Gasteiger partial charge in [-0.15, -0.1) is 12.4 Å². The predicted octanol–water partition coefficient (Wildman–Crippen LogP) is 0.987. The fourth-order valence-electron chi connectivity index (χ4n) is 2.11. The highest BCUT2D eigenvalue weighted by molar-refractivity contribution is 7.89. The van der Waals surface area contributed by atoms with Crippen LogP contribution in [0.1, 0.15) is 12.5 Å². The summed E-state index contributed by atoms with van der Waals surface area (Å²) in [6.45, 7) is 3.26. The molecule has 0 saturated heterocycles. The summed E-state index contributed by atoms with van der Waals surface area (Å²) in [6.07, 6.45) is 0.983. The minimum absolute atomic E-state index is 0. The van der Waals surface area contributed by atoms with Crippen molar-refractivity contribution in [3.8, 4) is 0 Å². The van der Waals surface area contributed by atoms with E-state index in [0.29, 0.717) is 11.4 Å². The minimum atomic E-state index is -3.43. The molecule has 20 heavy (non-hydrogen) atoms. The first-order chi connectivity index (χ1) is 8.94. The molecule has 0 aliphatic carbocycles. The number of halogens is 1. The molecule has 0 bridgehead atoms. The molecule has 114 valence electrons. The minimum Gasteiger partial charge on any atom is -0.374 e. The smallest absolute Gasteiger partial charge is 0.240 e. The maximum absolute atomic E-state index is 12.2. The molecule has 0 spiro atoms. The first-order valence-corrected chi connectivity index (χ1v) is 7.93. The van der Waals surface area contributed by atoms with Crippen LogP contribution in [0.3, 0.4) is 0 Å². The highest BCUT2D eigenvalue weighted by Crippen LogP contribution is 2.29. The van der Waals surface area contributed by atoms with Gasteiger partial charge in [-0.2, -0.15) is 0 Å². The molecule has 1 unspecified atom stereocenters. The van der Waals surface area contributed by atoms with E-state index in [1.54, 1.807) is 12.1 Å². The Hall–Kier alpha value is -0.820. The van der Waals surface area contributed by atoms with Crippen LogP contribution in [-0.2, 0) is 16.4 Å². The largest absolute Gasteiger partial charge is 0.374 e. The van der Waals surface area contributed by atoms with Gasteiger partial charge < -0.3 is 10.2 Å². The molecule has 1 aromatic carbocycles. The Labute approximate surface area is 127 Å². The van der Waals surface area contributed by atoms with Crippen molar-refractivity contribution in [2.75, 3.05) is 32.1 Å². The number of nitrogens with zero attached hydrogens (tertiary/aromatic N) is 1. The molecule has 1 aliphatic heterocycles. The van der Waals surface area contributed by atoms with Gasteiger partial charge in [-0.1, -0.05) is 6.07 Å². The van der Waals surface area contributed by atoms with Crippen molar-refractivity contribution in [3.05, 3.63) is 23.8 Å². The Morgan fingerprint density at radius 1 is 1.40 bits per heavy atom. The van der Waals surface area contributed by atoms with Crippen LogP contribution in [-0.4, -0.2) is 41.6 Å². The zero-order chi connectivity index (χ0) is 14.0. The van der Waals surface area contributed by atoms with Gasteiger partial charge in [0, 0.05) is 31.9 Å². The molecule has 2 N–H and O–H groups in total. The molecule has 0 radical (unpaired) electrons. The van der Waals surface area contributed by atoms with Crippen LogP contribution >= 0.6 is 12.4 Å². The van der Waals surface area contributed by atoms with E-state index in [9.17, 15) is 8.42 Å². The fraction of sp³-hybridized carbons (Fsp3) is 0.538. The van der Waals surface area contributed by atoms with Crippen molar-refractivity contribution in [2.45, 2.75) is 24.3 Å². The van der Waals surface area contributed by atoms with Crippen molar-refractivity contribution in [2.24, 2.45) is 0 Å². The quantitative estimate of drug-likeness (QED) is 0.849. The molecule has 0 saturated carbocycles. The number of likely N-dealkylation sites (N-methyl/N-ethyl adjacent to an activating group) is 2. The lowest BCUT2D eigenvalue weighted by Gasteiger charge is -2.15. The van der Waals surface area contributed by atoms with Crippen molar-refractivity contribution >= 4 is 28.1 Å². The normalized spacial score (nSPS) is 15.7. The Balaban J connectivity index is 0.00000200. The maximum atomic E-state index is 12.2. The van der Waals surface area contributed by atoms with Crippen LogP contribution in [0.4, 0.5) is 5.69 Å². The van der Waals surface area contributed by atoms with Gasteiger partial charge in [0.2, 0.25) is 10.0 Å². The average Bonchev–Trinajstić information content (AvgIpc) is 2.77. The summed E-state index contributed by atoms with van der Waals surface area (Å²) in [4.78, 5) is 2.42. The molecule has 2 rings (SSSR count). The van der Waals surface area contributed by atoms with Crippen LogP contribution in [0.15, 0.2) is 23.1 Å². The third-order valence-electron chi connectivity index (χ3n) is 3.57. The molecular weight excluding hydrogens is 298 g/mol. The summed E-state index contributed by atoms with van der Waals surface area (Å²) in [5, 5.41) is 3.00. The summed E-state index contributed by atoms with van der Waals surface area (Å²) in [6, 6.07) is 5.46. The molecule has 1 aromatic rings. The van der Waals surface area contributed by atoms with Crippen molar-refractivity contribution in [1.82, 2.24) is 10.0 Å². The Bertz CT molecular complexity index is 563. The number of hydrogen-bond donors (Lipinski definition) is 2. The summed E-state index contributed by atoms with van der Waals surface area (Å²) in [5.74, 6) is 0. The topological polar surface area (TPSA) is 61.4 Å². The van der Waals surface area contributed by atoms with Gasteiger partial charge >= 0.3 is 0 Å². The molecule has 7 heteroatoms. The zero-order valence-corrected chi connectivity index (χ0v) is 13.6. The molecule has 1 aliphatic rings. The number of rotatable bonds is 5. The van der Waals surface area contributed by atoms with E-state index >= 15 is 0 Å². The molecule has 0 aromatic heterocycles. The molecule has 0 amide bonds. The van der Waals surface area contributed by atoms with E-state index < -0.39 is 10.0 Å². The number of sulfonamides is 1. The monoisotopic (exact) mass is 319 g/mol. The lowest BCUT2D eigenvalue weighted by Crippen LogP contribution is -2.37. The van der Waals surface area contributed by atoms with Crippen LogP contribution in [0, 0.1) is 0 Å². The van der Waals surface area contributed by atoms with E-state index in [4.69, 9.17) is 0 Å². The average molecular weight is 320 g/mol. The molecule has 1 atom stereocenters. The van der Waals surface area contributed by atoms with E-state index in [2.05, 4.69) is 14.9 Å². The number of fused-ring (bicyclic) bond motifs is 1. The van der Waals surface area contributed by atoms with Gasteiger partial charge in [0.05, 0.1) is 4.90 Å². The molecular formula is C13H22ClN3O2S. The Morgan fingerprint density at radius 3 is 2.75 bits per heavy atom. The van der Waals surface area contributed by atoms with Gasteiger partial charge in [-0.25, -0.2) is 13.1 Å². The second-order valence-electron chi connectivity index (χ2n) is 5.00. The number of nitrogens with one attached hydrogen (secondary N) is 2. The van der Waals surface area contributed by atoms with Gasteiger partial charge in [-0.05, 0) is 38.1 Å². The number of anilines is 1. The summed E-state index contributed by atoms with van der Waals surface area (Å²) in [7, 11) is 0.367. The summed E-state index contributed by atoms with van der Waals surface area (Å²) < 4.78 is 27.0. The Morgan fingerprint density at radius 2 is 2.10 bits per heavy atom. The highest BCUT2D eigenvalue weighted by Gasteiger charge is 2.21. The third kappa shape index (κ3) is 3.63. The van der Waals surface area contributed by atoms with E-state index in [-0.39, 0.29) is 18.4 Å². The van der Waals surface area contributed by atoms with Crippen LogP contribution in [0.2, 0.25) is 0 Å². The molecule has 5 nitrogen and oxygen atoms in total. The van der Waals surface area contributed by atoms with E-state index in [1.807, 2.05) is 27.1 Å². The van der Waals surface area contributed by atoms with Crippen molar-refractivity contribution < 1.29 is 8.42 Å². The van der Waals surface area contributed by atoms with Gasteiger partial charge in [0.1, 0.15) is 0 Å². The van der Waals surface area contributed by atoms with Crippen LogP contribution in [0.25, 0.3) is 0 Å². The number of hydrogen-bond acceptors (Lipinski definition) is 4. The standard InChI is InChI=1S/C13H21N3O2S.ClH/c1-10(14-2)9-15-19(17,18)12-5-4-11-6-7-16(3)13(11)8-12;/h4-5,8,10,14-15H,6-7,9H2,1-3H3;1H. The van der Waals surface area contributed by atoms with Gasteiger partial charge in [0.25, 0.3) is 0 Å². The first-order valence-electron chi connectivity index (χ1n) is 6.45. The fourth-order valence-corrected chi connectivity index (χ4v) is 3.26. The molecule has 0 fully saturated rings. The maximum Gasteiger partial charge on any atom is 0.240 e. The van der Waals surface area contributed by atoms with E-state index in [1.165, 1.54) is 5.56 Å². The summed E-state index contributed by atoms with van der Waals surface area (Å²) >= 11 is 0. The second-order valence-corrected chi connectivity index (χ2v) is 6.77. The predicted molar refractivity (Wildman–Crippen MR) is 84.4 cm³/mol. The lowest BCUT2D eigenvalue weighted by molar-refractivity contribution is 0.554. The van der Waals surface area contributed by atoms with Crippen molar-refractivity contribution in [3.63, 3.8) is 0 Å². The van der Waals surface area contributed by atoms with E-state index in [0.717, 1.165) is 18.7 Å². The lowest BCUT2D eigenvalue weighted by atomic mass is 10.2. The Kier molecular flexibility index (Phi) is 5.82. The third-order valence-corrected chi connectivity index (χ3v) is 4.99. The van der Waals surface area contributed by atoms with Crippen LogP contribution < -0.4 is 14.9 Å². The van der Waals surface area contributed by atoms with Gasteiger partial charge in [0.15, 0.2) is 0 Å². The van der Waals surface area contributed by atoms with Crippen LogP contribution in [0.5, 0.6) is 0 Å². The SMILES string of the molecule is CNC(C)CNS(=O)(=O)c1ccc2c(c1)N(C)CC2.Cl. The first kappa shape index (κ1) is 17.2. The highest BCUT2D eigenvalue weighted by atomic mass is 35.5. The zero-order valence-electron chi connectivity index (χ0n) is 12.0. The van der Waals surface area contributed by atoms with Gasteiger partial charge in [-0.3, -0.25) is 0 Å². The molecule has 1 heterocycles.